The number of aliphatic hydroxyl groups is 2. The first-order chi connectivity index (χ1) is 32.2. The van der Waals surface area contributed by atoms with E-state index in [0.717, 1.165) is 22.9 Å². The quantitative estimate of drug-likeness (QED) is 0.160. The zero-order valence-electron chi connectivity index (χ0n) is 41.6. The summed E-state index contributed by atoms with van der Waals surface area (Å²) >= 11 is 0. The van der Waals surface area contributed by atoms with Crippen LogP contribution in [0.1, 0.15) is 100 Å². The highest BCUT2D eigenvalue weighted by molar-refractivity contribution is 5.91. The molecule has 2 N–H and O–H groups in total. The minimum Gasteiger partial charge on any atom is -0.462 e. The number of β-amino-alcohol motifs (C(OH)–C–C–N with tert-alkyl or cyclic N) is 1. The number of para-hydroxylation sites is 1. The number of aldehydes is 1. The zero-order valence-corrected chi connectivity index (χ0v) is 41.6. The number of cyclic esters (lactones) is 1. The average Bonchev–Trinajstić information content (AvgIpc) is 3.28. The van der Waals surface area contributed by atoms with Crippen molar-refractivity contribution in [2.75, 3.05) is 39.2 Å². The molecule has 380 valence electrons. The Morgan fingerprint density at radius 3 is 2.32 bits per heavy atom. The Bertz CT molecular complexity index is 2000. The first-order valence-electron chi connectivity index (χ1n) is 24.1. The van der Waals surface area contributed by atoms with Crippen molar-refractivity contribution >= 4 is 46.8 Å². The molecule has 0 amide bonds. The van der Waals surface area contributed by atoms with E-state index >= 15 is 0 Å². The van der Waals surface area contributed by atoms with Crippen molar-refractivity contribution in [3.63, 3.8) is 0 Å². The molecule has 3 aliphatic rings. The minimum atomic E-state index is -1.37. The van der Waals surface area contributed by atoms with E-state index in [0.29, 0.717) is 13.0 Å². The van der Waals surface area contributed by atoms with Gasteiger partial charge in [0, 0.05) is 82.4 Å². The SMILES string of the molecule is CCC(=O)O[C@@H]1CC(=O)O[C@H](C)CCN(c2ccnc3ccccc23)C[C@H](O)[C@H](C)C[C@H](CC=O)C([C@@H]2O[C@H](C)[C@@H](O[C@H]3C[C@@](C)(OC(C)=O)[C@@H](OC(=O)CC)[C@H](C)O3)[C@H](N(C)C)[C@H]2O)[C@@H]1OC. The molecule has 5 rings (SSSR count). The van der Waals surface area contributed by atoms with Crippen LogP contribution in [-0.4, -0.2) is 164 Å². The largest absolute Gasteiger partial charge is 0.462 e. The van der Waals surface area contributed by atoms with Gasteiger partial charge in [0.15, 0.2) is 18.0 Å². The standard InChI is InChI=1S/C50H75N3O15/c1-12-39(57)65-38-25-41(59)62-29(4)19-22-53(36-18-21-51-35-17-15-14-16-34(35)36)27-37(56)28(3)24-33(20-23-54)43(47(38)61-11)48-45(60)44(52(9)10)46(30(5)64-48)67-42-26-50(8,68-32(7)55)49(31(6)63-42)66-40(58)13-2/h14-18,21,23,28-31,33,37-38,42-49,56,60H,12-13,19-20,22,24-27H2,1-11H3/t28-,29-,30-,31+,33+,37+,38-,42+,43?,44-,45-,46-,47-,48+,49+,50-/m1/s1. The Hall–Kier alpha value is -4.30. The van der Waals surface area contributed by atoms with Crippen molar-refractivity contribution in [2.45, 2.75) is 179 Å². The second kappa shape index (κ2) is 24.5. The van der Waals surface area contributed by atoms with Crippen LogP contribution < -0.4 is 4.90 Å². The molecule has 0 saturated carbocycles. The van der Waals surface area contributed by atoms with Gasteiger partial charge in [0.1, 0.15) is 30.7 Å². The van der Waals surface area contributed by atoms with Crippen molar-refractivity contribution in [3.05, 3.63) is 36.5 Å². The van der Waals surface area contributed by atoms with Crippen molar-refractivity contribution in [1.82, 2.24) is 9.88 Å². The van der Waals surface area contributed by atoms with Gasteiger partial charge in [-0.3, -0.25) is 24.2 Å². The number of hydrogen-bond acceptors (Lipinski definition) is 18. The first kappa shape index (κ1) is 54.6. The van der Waals surface area contributed by atoms with Crippen molar-refractivity contribution < 1.29 is 72.1 Å². The summed E-state index contributed by atoms with van der Waals surface area (Å²) in [7, 11) is 4.97. The highest BCUT2D eigenvalue weighted by Crippen LogP contribution is 2.43. The molecule has 0 bridgehead atoms. The lowest BCUT2D eigenvalue weighted by atomic mass is 9.71. The Morgan fingerprint density at radius 2 is 1.68 bits per heavy atom. The van der Waals surface area contributed by atoms with Gasteiger partial charge in [-0.2, -0.15) is 0 Å². The molecule has 18 nitrogen and oxygen atoms in total. The van der Waals surface area contributed by atoms with E-state index in [-0.39, 0.29) is 38.6 Å². The van der Waals surface area contributed by atoms with Crippen LogP contribution in [0.25, 0.3) is 10.9 Å². The van der Waals surface area contributed by atoms with Crippen LogP contribution >= 0.6 is 0 Å². The molecule has 1 unspecified atom stereocenters. The van der Waals surface area contributed by atoms with Crippen LogP contribution in [0.5, 0.6) is 0 Å². The molecular formula is C50H75N3O15. The molecule has 2 aromatic rings. The van der Waals surface area contributed by atoms with E-state index in [2.05, 4.69) is 9.88 Å². The van der Waals surface area contributed by atoms with Crippen LogP contribution in [0.3, 0.4) is 0 Å². The molecule has 1 aromatic carbocycles. The maximum absolute atomic E-state index is 13.9. The summed E-state index contributed by atoms with van der Waals surface area (Å²) in [5.74, 6) is -4.35. The molecule has 0 aliphatic carbocycles. The fourth-order valence-electron chi connectivity index (χ4n) is 10.4. The van der Waals surface area contributed by atoms with Gasteiger partial charge in [-0.1, -0.05) is 39.0 Å². The molecule has 4 heterocycles. The monoisotopic (exact) mass is 958 g/mol. The number of aromatic nitrogens is 1. The van der Waals surface area contributed by atoms with Crippen molar-refractivity contribution in [2.24, 2.45) is 17.8 Å². The number of likely N-dealkylation sites (N-methyl/N-ethyl adjacent to an activating group) is 1. The van der Waals surface area contributed by atoms with Crippen molar-refractivity contribution in [3.8, 4) is 0 Å². The Kier molecular flexibility index (Phi) is 19.7. The predicted molar refractivity (Wildman–Crippen MR) is 249 cm³/mol. The Labute approximate surface area is 400 Å². The number of ether oxygens (including phenoxy) is 8. The first-order valence-corrected chi connectivity index (χ1v) is 24.1. The number of pyridine rings is 1. The lowest BCUT2D eigenvalue weighted by molar-refractivity contribution is -0.319. The molecule has 1 aromatic heterocycles. The topological polar surface area (TPSA) is 219 Å². The van der Waals surface area contributed by atoms with Crippen LogP contribution in [0, 0.1) is 17.8 Å². The molecule has 18 heteroatoms. The molecule has 16 atom stereocenters. The Balaban J connectivity index is 1.55. The summed E-state index contributed by atoms with van der Waals surface area (Å²) in [6.45, 7) is 14.0. The van der Waals surface area contributed by atoms with E-state index < -0.39 is 127 Å². The van der Waals surface area contributed by atoms with E-state index in [1.165, 1.54) is 14.0 Å². The number of fused-ring (bicyclic) bond motifs is 1. The summed E-state index contributed by atoms with van der Waals surface area (Å²) in [6, 6.07) is 8.81. The second-order valence-corrected chi connectivity index (χ2v) is 19.2. The molecule has 0 spiro atoms. The van der Waals surface area contributed by atoms with E-state index in [1.54, 1.807) is 66.7 Å². The Morgan fingerprint density at radius 1 is 0.985 bits per heavy atom. The number of carbonyl (C=O) groups excluding carboxylic acids is 5. The second-order valence-electron chi connectivity index (χ2n) is 19.2. The number of anilines is 1. The number of aliphatic hydroxyl groups excluding tert-OH is 2. The number of hydrogen-bond donors (Lipinski definition) is 2. The summed E-state index contributed by atoms with van der Waals surface area (Å²) in [6.07, 6.45) is -8.00. The molecule has 68 heavy (non-hydrogen) atoms. The third kappa shape index (κ3) is 13.3. The van der Waals surface area contributed by atoms with Gasteiger partial charge in [-0.25, -0.2) is 0 Å². The predicted octanol–water partition coefficient (Wildman–Crippen LogP) is 4.55. The molecule has 3 saturated heterocycles. The van der Waals surface area contributed by atoms with E-state index in [1.807, 2.05) is 37.3 Å². The number of esters is 4. The fourth-order valence-corrected chi connectivity index (χ4v) is 10.4. The third-order valence-electron chi connectivity index (χ3n) is 13.8. The number of methoxy groups -OCH3 is 1. The number of nitrogens with zero attached hydrogens (tertiary/aromatic N) is 3. The number of carbonyl (C=O) groups is 5. The van der Waals surface area contributed by atoms with E-state index in [9.17, 15) is 34.2 Å². The molecule has 3 fully saturated rings. The van der Waals surface area contributed by atoms with Crippen LogP contribution in [0.2, 0.25) is 0 Å². The summed E-state index contributed by atoms with van der Waals surface area (Å²) in [5, 5.41) is 25.8. The number of rotatable bonds is 13. The minimum absolute atomic E-state index is 0.00891. The highest BCUT2D eigenvalue weighted by atomic mass is 16.7. The molecular weight excluding hydrogens is 883 g/mol. The lowest BCUT2D eigenvalue weighted by Crippen LogP contribution is -2.67. The van der Waals surface area contributed by atoms with Gasteiger partial charge < -0.3 is 62.7 Å². The van der Waals surface area contributed by atoms with Gasteiger partial charge >= 0.3 is 23.9 Å². The smallest absolute Gasteiger partial charge is 0.309 e. The third-order valence-corrected chi connectivity index (χ3v) is 13.8. The molecule has 0 radical (unpaired) electrons. The van der Waals surface area contributed by atoms with Crippen LogP contribution in [0.4, 0.5) is 5.69 Å². The summed E-state index contributed by atoms with van der Waals surface area (Å²) in [4.78, 5) is 73.2. The zero-order chi connectivity index (χ0) is 50.0. The van der Waals surface area contributed by atoms with E-state index in [4.69, 9.17) is 37.9 Å². The lowest BCUT2D eigenvalue weighted by Gasteiger charge is -2.53. The number of benzene rings is 1. The van der Waals surface area contributed by atoms with Gasteiger partial charge in [0.2, 0.25) is 0 Å². The van der Waals surface area contributed by atoms with Gasteiger partial charge in [-0.05, 0) is 72.2 Å². The molecule has 3 aliphatic heterocycles. The summed E-state index contributed by atoms with van der Waals surface area (Å²) in [5.41, 5.74) is 0.295. The van der Waals surface area contributed by atoms with Gasteiger partial charge in [-0.15, -0.1) is 0 Å². The van der Waals surface area contributed by atoms with Crippen LogP contribution in [0.15, 0.2) is 36.5 Å². The maximum atomic E-state index is 13.9. The van der Waals surface area contributed by atoms with Gasteiger partial charge in [0.25, 0.3) is 0 Å². The maximum Gasteiger partial charge on any atom is 0.309 e. The van der Waals surface area contributed by atoms with Crippen molar-refractivity contribution in [1.29, 1.82) is 0 Å². The van der Waals surface area contributed by atoms with Gasteiger partial charge in [0.05, 0.1) is 48.5 Å². The normalized spacial score (nSPS) is 35.6. The average molecular weight is 958 g/mol. The summed E-state index contributed by atoms with van der Waals surface area (Å²) < 4.78 is 49.7. The fraction of sp³-hybridized carbons (Fsp3) is 0.720. The van der Waals surface area contributed by atoms with Crippen LogP contribution in [-0.2, 0) is 61.9 Å². The highest BCUT2D eigenvalue weighted by Gasteiger charge is 2.56.